The Labute approximate surface area is 177 Å². The molecule has 8 heteroatoms. The molecule has 2 aromatic rings. The molecular formula is C22H27FN2O4S. The van der Waals surface area contributed by atoms with Gasteiger partial charge in [0.2, 0.25) is 10.0 Å². The maximum Gasteiger partial charge on any atom is 0.265 e. The van der Waals surface area contributed by atoms with Crippen LogP contribution in [-0.2, 0) is 14.8 Å². The van der Waals surface area contributed by atoms with Crippen molar-refractivity contribution >= 4 is 21.6 Å². The summed E-state index contributed by atoms with van der Waals surface area (Å²) >= 11 is 0. The predicted molar refractivity (Wildman–Crippen MR) is 113 cm³/mol. The minimum atomic E-state index is -3.53. The van der Waals surface area contributed by atoms with Crippen LogP contribution in [0.1, 0.15) is 39.0 Å². The van der Waals surface area contributed by atoms with Crippen LogP contribution in [-0.4, -0.2) is 37.8 Å². The van der Waals surface area contributed by atoms with Gasteiger partial charge in [0.25, 0.3) is 5.91 Å². The number of benzene rings is 2. The van der Waals surface area contributed by atoms with Gasteiger partial charge < -0.3 is 10.1 Å². The number of amides is 1. The molecule has 1 aliphatic heterocycles. The van der Waals surface area contributed by atoms with Crippen LogP contribution in [0.2, 0.25) is 0 Å². The number of halogens is 1. The van der Waals surface area contributed by atoms with Crippen LogP contribution >= 0.6 is 0 Å². The van der Waals surface area contributed by atoms with E-state index in [9.17, 15) is 17.6 Å². The number of sulfonamides is 1. The summed E-state index contributed by atoms with van der Waals surface area (Å²) in [6.07, 6.45) is 3.52. The third kappa shape index (κ3) is 5.58. The Hall–Kier alpha value is -2.45. The van der Waals surface area contributed by atoms with E-state index in [1.54, 1.807) is 12.1 Å². The molecule has 2 aromatic carbocycles. The first kappa shape index (κ1) is 22.2. The van der Waals surface area contributed by atoms with Crippen molar-refractivity contribution < 1.29 is 22.3 Å². The van der Waals surface area contributed by atoms with Crippen LogP contribution in [0.3, 0.4) is 0 Å². The van der Waals surface area contributed by atoms with E-state index < -0.39 is 16.1 Å². The molecular weight excluding hydrogens is 407 g/mol. The summed E-state index contributed by atoms with van der Waals surface area (Å²) < 4.78 is 45.9. The summed E-state index contributed by atoms with van der Waals surface area (Å²) in [5.41, 5.74) is 0.482. The van der Waals surface area contributed by atoms with Gasteiger partial charge in [-0.05, 0) is 67.8 Å². The summed E-state index contributed by atoms with van der Waals surface area (Å²) in [7, 11) is -3.53. The van der Waals surface area contributed by atoms with E-state index >= 15 is 0 Å². The Morgan fingerprint density at radius 2 is 1.63 bits per heavy atom. The van der Waals surface area contributed by atoms with Gasteiger partial charge in [-0.15, -0.1) is 0 Å². The molecule has 0 bridgehead atoms. The van der Waals surface area contributed by atoms with Crippen molar-refractivity contribution in [3.8, 4) is 5.75 Å². The first-order chi connectivity index (χ1) is 14.4. The van der Waals surface area contributed by atoms with Gasteiger partial charge >= 0.3 is 0 Å². The van der Waals surface area contributed by atoms with E-state index in [-0.39, 0.29) is 16.6 Å². The third-order valence-corrected chi connectivity index (χ3v) is 6.99. The standard InChI is InChI=1S/C22H27FN2O4S/c1-2-21(29-19-11-7-17(23)8-12-19)22(26)24-18-9-13-20(14-10-18)30(27,28)25-15-5-3-4-6-16-25/h7-14,21H,2-6,15-16H2,1H3,(H,24,26)/t21-/m0/s1. The number of nitrogens with zero attached hydrogens (tertiary/aromatic N) is 1. The first-order valence-corrected chi connectivity index (χ1v) is 11.7. The molecule has 3 rings (SSSR count). The lowest BCUT2D eigenvalue weighted by Gasteiger charge is -2.20. The van der Waals surface area contributed by atoms with Crippen molar-refractivity contribution in [2.24, 2.45) is 0 Å². The number of rotatable bonds is 7. The largest absolute Gasteiger partial charge is 0.481 e. The zero-order chi connectivity index (χ0) is 21.6. The summed E-state index contributed by atoms with van der Waals surface area (Å²) in [6.45, 7) is 2.89. The second-order valence-electron chi connectivity index (χ2n) is 7.30. The molecule has 1 saturated heterocycles. The Morgan fingerprint density at radius 3 is 2.20 bits per heavy atom. The fourth-order valence-electron chi connectivity index (χ4n) is 3.36. The van der Waals surface area contributed by atoms with Crippen LogP contribution in [0.15, 0.2) is 53.4 Å². The van der Waals surface area contributed by atoms with Crippen LogP contribution in [0.5, 0.6) is 5.75 Å². The Balaban J connectivity index is 1.65. The molecule has 162 valence electrons. The Bertz CT molecular complexity index is 938. The topological polar surface area (TPSA) is 75.7 Å². The molecule has 1 aliphatic rings. The van der Waals surface area contributed by atoms with Crippen LogP contribution in [0.25, 0.3) is 0 Å². The number of carbonyl (C=O) groups excluding carboxylic acids is 1. The highest BCUT2D eigenvalue weighted by molar-refractivity contribution is 7.89. The van der Waals surface area contributed by atoms with Gasteiger partial charge in [-0.2, -0.15) is 4.31 Å². The average molecular weight is 435 g/mol. The lowest BCUT2D eigenvalue weighted by molar-refractivity contribution is -0.122. The highest BCUT2D eigenvalue weighted by atomic mass is 32.2. The second kappa shape index (κ2) is 10.0. The number of hydrogen-bond donors (Lipinski definition) is 1. The van der Waals surface area contributed by atoms with Crippen molar-refractivity contribution in [1.82, 2.24) is 4.31 Å². The van der Waals surface area contributed by atoms with E-state index in [2.05, 4.69) is 5.32 Å². The fourth-order valence-corrected chi connectivity index (χ4v) is 4.88. The van der Waals surface area contributed by atoms with Crippen LogP contribution in [0, 0.1) is 5.82 Å². The molecule has 1 atom stereocenters. The number of anilines is 1. The maximum atomic E-state index is 13.0. The van der Waals surface area contributed by atoms with E-state index in [0.29, 0.717) is 30.9 Å². The van der Waals surface area contributed by atoms with Gasteiger partial charge in [0.05, 0.1) is 4.90 Å². The number of carbonyl (C=O) groups is 1. The summed E-state index contributed by atoms with van der Waals surface area (Å²) in [5, 5.41) is 2.75. The van der Waals surface area contributed by atoms with Crippen molar-refractivity contribution in [2.75, 3.05) is 18.4 Å². The molecule has 1 heterocycles. The molecule has 1 N–H and O–H groups in total. The first-order valence-electron chi connectivity index (χ1n) is 10.2. The van der Waals surface area contributed by atoms with Gasteiger partial charge in [-0.1, -0.05) is 19.8 Å². The van der Waals surface area contributed by atoms with Crippen molar-refractivity contribution in [3.63, 3.8) is 0 Å². The van der Waals surface area contributed by atoms with Gasteiger partial charge in [0.1, 0.15) is 11.6 Å². The van der Waals surface area contributed by atoms with E-state index in [0.717, 1.165) is 25.7 Å². The molecule has 0 aliphatic carbocycles. The predicted octanol–water partition coefficient (Wildman–Crippen LogP) is 4.19. The van der Waals surface area contributed by atoms with E-state index in [1.807, 2.05) is 6.92 Å². The molecule has 1 amide bonds. The van der Waals surface area contributed by atoms with Crippen molar-refractivity contribution in [2.45, 2.75) is 50.0 Å². The summed E-state index contributed by atoms with van der Waals surface area (Å²) in [5.74, 6) is -0.336. The van der Waals surface area contributed by atoms with Gasteiger partial charge in [0, 0.05) is 18.8 Å². The normalized spacial score (nSPS) is 16.5. The average Bonchev–Trinajstić information content (AvgIpc) is 3.04. The minimum absolute atomic E-state index is 0.219. The number of hydrogen-bond acceptors (Lipinski definition) is 4. The van der Waals surface area contributed by atoms with Crippen molar-refractivity contribution in [1.29, 1.82) is 0 Å². The monoisotopic (exact) mass is 434 g/mol. The van der Waals surface area contributed by atoms with Crippen molar-refractivity contribution in [3.05, 3.63) is 54.3 Å². The zero-order valence-corrected chi connectivity index (χ0v) is 17.8. The maximum absolute atomic E-state index is 13.0. The summed E-state index contributed by atoms with van der Waals surface area (Å²) in [6, 6.07) is 11.6. The molecule has 30 heavy (non-hydrogen) atoms. The molecule has 0 aromatic heterocycles. The lowest BCUT2D eigenvalue weighted by Crippen LogP contribution is -2.32. The molecule has 6 nitrogen and oxygen atoms in total. The highest BCUT2D eigenvalue weighted by Crippen LogP contribution is 2.22. The quantitative estimate of drug-likeness (QED) is 0.709. The molecule has 0 spiro atoms. The molecule has 0 saturated carbocycles. The Morgan fingerprint density at radius 1 is 1.03 bits per heavy atom. The number of ether oxygens (including phenoxy) is 1. The molecule has 0 radical (unpaired) electrons. The van der Waals surface area contributed by atoms with Gasteiger partial charge in [-0.25, -0.2) is 12.8 Å². The van der Waals surface area contributed by atoms with Gasteiger partial charge in [-0.3, -0.25) is 4.79 Å². The summed E-state index contributed by atoms with van der Waals surface area (Å²) in [4.78, 5) is 12.8. The van der Waals surface area contributed by atoms with E-state index in [4.69, 9.17) is 4.74 Å². The molecule has 1 fully saturated rings. The van der Waals surface area contributed by atoms with Crippen LogP contribution in [0.4, 0.5) is 10.1 Å². The molecule has 0 unspecified atom stereocenters. The zero-order valence-electron chi connectivity index (χ0n) is 17.0. The SMILES string of the molecule is CC[C@H](Oc1ccc(F)cc1)C(=O)Nc1ccc(S(=O)(=O)N2CCCCCC2)cc1. The third-order valence-electron chi connectivity index (χ3n) is 5.08. The minimum Gasteiger partial charge on any atom is -0.481 e. The smallest absolute Gasteiger partial charge is 0.265 e. The Kier molecular flexibility index (Phi) is 7.44. The van der Waals surface area contributed by atoms with E-state index in [1.165, 1.54) is 40.7 Å². The lowest BCUT2D eigenvalue weighted by atomic mass is 10.2. The van der Waals surface area contributed by atoms with Gasteiger partial charge in [0.15, 0.2) is 6.10 Å². The number of nitrogens with one attached hydrogen (secondary N) is 1. The fraction of sp³-hybridized carbons (Fsp3) is 0.409. The second-order valence-corrected chi connectivity index (χ2v) is 9.24. The highest BCUT2D eigenvalue weighted by Gasteiger charge is 2.25. The van der Waals surface area contributed by atoms with Crippen LogP contribution < -0.4 is 10.1 Å².